The van der Waals surface area contributed by atoms with Crippen LogP contribution in [-0.4, -0.2) is 21.4 Å². The lowest BCUT2D eigenvalue weighted by atomic mass is 10.2. The minimum atomic E-state index is 0.401. The zero-order chi connectivity index (χ0) is 15.2. The third-order valence-corrected chi connectivity index (χ3v) is 3.58. The van der Waals surface area contributed by atoms with E-state index in [-0.39, 0.29) is 0 Å². The first-order chi connectivity index (χ1) is 10.1. The highest BCUT2D eigenvalue weighted by atomic mass is 32.1. The fourth-order valence-corrected chi connectivity index (χ4v) is 2.27. The lowest BCUT2D eigenvalue weighted by Crippen LogP contribution is -2.12. The van der Waals surface area contributed by atoms with Gasteiger partial charge in [-0.15, -0.1) is 0 Å². The number of hydrogen-bond donors (Lipinski definition) is 1. The van der Waals surface area contributed by atoms with Crippen LogP contribution in [-0.2, 0) is 19.4 Å². The van der Waals surface area contributed by atoms with Crippen molar-refractivity contribution >= 4 is 17.2 Å². The lowest BCUT2D eigenvalue weighted by molar-refractivity contribution is 0.289. The highest BCUT2D eigenvalue weighted by molar-refractivity contribution is 7.80. The van der Waals surface area contributed by atoms with Crippen LogP contribution in [0.1, 0.15) is 30.8 Å². The van der Waals surface area contributed by atoms with Crippen LogP contribution < -0.4 is 10.5 Å². The van der Waals surface area contributed by atoms with E-state index in [1.807, 2.05) is 28.9 Å². The van der Waals surface area contributed by atoms with Gasteiger partial charge < -0.3 is 10.5 Å². The van der Waals surface area contributed by atoms with Crippen LogP contribution >= 0.6 is 12.2 Å². The molecule has 0 aliphatic carbocycles. The van der Waals surface area contributed by atoms with Gasteiger partial charge in [0, 0.05) is 11.3 Å². The van der Waals surface area contributed by atoms with Crippen molar-refractivity contribution in [1.29, 1.82) is 0 Å². The van der Waals surface area contributed by atoms with Crippen molar-refractivity contribution in [3.8, 4) is 5.75 Å². The van der Waals surface area contributed by atoms with Crippen molar-refractivity contribution < 1.29 is 4.74 Å². The Morgan fingerprint density at radius 1 is 1.24 bits per heavy atom. The molecular weight excluding hydrogens is 282 g/mol. The van der Waals surface area contributed by atoms with Gasteiger partial charge in [-0.25, -0.2) is 0 Å². The fourth-order valence-electron chi connectivity index (χ4n) is 2.13. The standard InChI is InChI=1S/C16H21N3OS/c1-3-13-11-14(4-2)19(18-13)9-10-20-15-7-5-12(6-8-15)16(17)21/h5-8,11H,3-4,9-10H2,1-2H3,(H2,17,21). The summed E-state index contributed by atoms with van der Waals surface area (Å²) in [6.07, 6.45) is 1.94. The van der Waals surface area contributed by atoms with E-state index in [1.165, 1.54) is 5.69 Å². The Balaban J connectivity index is 1.92. The number of nitrogens with two attached hydrogens (primary N) is 1. The van der Waals surface area contributed by atoms with Gasteiger partial charge in [-0.1, -0.05) is 26.1 Å². The fraction of sp³-hybridized carbons (Fsp3) is 0.375. The maximum atomic E-state index is 5.74. The minimum Gasteiger partial charge on any atom is -0.492 e. The van der Waals surface area contributed by atoms with Gasteiger partial charge in [0.15, 0.2) is 0 Å². The first kappa shape index (κ1) is 15.5. The molecule has 0 amide bonds. The van der Waals surface area contributed by atoms with E-state index in [9.17, 15) is 0 Å². The summed E-state index contributed by atoms with van der Waals surface area (Å²) in [5, 5.41) is 4.57. The van der Waals surface area contributed by atoms with Gasteiger partial charge in [0.05, 0.1) is 12.2 Å². The number of benzene rings is 1. The molecule has 21 heavy (non-hydrogen) atoms. The lowest BCUT2D eigenvalue weighted by Gasteiger charge is -2.09. The van der Waals surface area contributed by atoms with Crippen molar-refractivity contribution in [2.45, 2.75) is 33.2 Å². The van der Waals surface area contributed by atoms with Crippen LogP contribution in [0.4, 0.5) is 0 Å². The Morgan fingerprint density at radius 3 is 2.52 bits per heavy atom. The summed E-state index contributed by atoms with van der Waals surface area (Å²) in [6, 6.07) is 9.68. The zero-order valence-electron chi connectivity index (χ0n) is 12.5. The SMILES string of the molecule is CCc1cc(CC)n(CCOc2ccc(C(N)=S)cc2)n1. The number of hydrogen-bond acceptors (Lipinski definition) is 3. The summed E-state index contributed by atoms with van der Waals surface area (Å²) < 4.78 is 7.77. The Labute approximate surface area is 130 Å². The molecule has 4 nitrogen and oxygen atoms in total. The predicted molar refractivity (Wildman–Crippen MR) is 88.8 cm³/mol. The number of aromatic nitrogens is 2. The molecule has 0 unspecified atom stereocenters. The average molecular weight is 303 g/mol. The molecular formula is C16H21N3OS. The van der Waals surface area contributed by atoms with Crippen LogP contribution in [0.25, 0.3) is 0 Å². The van der Waals surface area contributed by atoms with Gasteiger partial charge in [-0.05, 0) is 43.2 Å². The van der Waals surface area contributed by atoms with Crippen molar-refractivity contribution in [3.05, 3.63) is 47.3 Å². The molecule has 0 bridgehead atoms. The van der Waals surface area contributed by atoms with Gasteiger partial charge in [-0.2, -0.15) is 5.10 Å². The molecule has 2 N–H and O–H groups in total. The van der Waals surface area contributed by atoms with Gasteiger partial charge >= 0.3 is 0 Å². The highest BCUT2D eigenvalue weighted by Crippen LogP contribution is 2.13. The maximum Gasteiger partial charge on any atom is 0.119 e. The molecule has 0 aliphatic heterocycles. The van der Waals surface area contributed by atoms with Gasteiger partial charge in [0.25, 0.3) is 0 Å². The van der Waals surface area contributed by atoms with Crippen LogP contribution in [0.2, 0.25) is 0 Å². The monoisotopic (exact) mass is 303 g/mol. The molecule has 5 heteroatoms. The molecule has 112 valence electrons. The van der Waals surface area contributed by atoms with E-state index in [4.69, 9.17) is 22.7 Å². The first-order valence-electron chi connectivity index (χ1n) is 7.22. The summed E-state index contributed by atoms with van der Waals surface area (Å²) in [5.41, 5.74) is 8.80. The Morgan fingerprint density at radius 2 is 1.95 bits per heavy atom. The molecule has 0 atom stereocenters. The smallest absolute Gasteiger partial charge is 0.119 e. The molecule has 0 aliphatic rings. The number of rotatable bonds is 7. The predicted octanol–water partition coefficient (Wildman–Crippen LogP) is 2.72. The van der Waals surface area contributed by atoms with E-state index >= 15 is 0 Å². The van der Waals surface area contributed by atoms with Crippen LogP contribution in [0, 0.1) is 0 Å². The first-order valence-corrected chi connectivity index (χ1v) is 7.63. The van der Waals surface area contributed by atoms with Gasteiger partial charge in [0.2, 0.25) is 0 Å². The zero-order valence-corrected chi connectivity index (χ0v) is 13.3. The summed E-state index contributed by atoms with van der Waals surface area (Å²) in [7, 11) is 0. The molecule has 1 aromatic heterocycles. The quantitative estimate of drug-likeness (QED) is 0.799. The van der Waals surface area contributed by atoms with Crippen LogP contribution in [0.5, 0.6) is 5.75 Å². The number of nitrogens with zero attached hydrogens (tertiary/aromatic N) is 2. The molecule has 0 saturated heterocycles. The summed E-state index contributed by atoms with van der Waals surface area (Å²) in [5.74, 6) is 0.816. The molecule has 2 rings (SSSR count). The van der Waals surface area contributed by atoms with Gasteiger partial charge in [-0.3, -0.25) is 4.68 Å². The molecule has 0 fully saturated rings. The van der Waals surface area contributed by atoms with E-state index in [0.29, 0.717) is 11.6 Å². The third-order valence-electron chi connectivity index (χ3n) is 3.35. The second-order valence-electron chi connectivity index (χ2n) is 4.79. The molecule has 1 heterocycles. The average Bonchev–Trinajstić information content (AvgIpc) is 2.90. The van der Waals surface area contributed by atoms with E-state index in [1.54, 1.807) is 0 Å². The molecule has 2 aromatic rings. The van der Waals surface area contributed by atoms with Crippen molar-refractivity contribution in [2.24, 2.45) is 5.73 Å². The van der Waals surface area contributed by atoms with E-state index in [2.05, 4.69) is 25.0 Å². The molecule has 0 spiro atoms. The van der Waals surface area contributed by atoms with E-state index < -0.39 is 0 Å². The normalized spacial score (nSPS) is 10.6. The molecule has 0 radical (unpaired) electrons. The minimum absolute atomic E-state index is 0.401. The third kappa shape index (κ3) is 4.04. The maximum absolute atomic E-state index is 5.74. The van der Waals surface area contributed by atoms with Crippen molar-refractivity contribution in [3.63, 3.8) is 0 Å². The summed E-state index contributed by atoms with van der Waals surface area (Å²) in [6.45, 7) is 5.60. The van der Waals surface area contributed by atoms with E-state index in [0.717, 1.165) is 36.4 Å². The van der Waals surface area contributed by atoms with Gasteiger partial charge in [0.1, 0.15) is 17.3 Å². The number of aryl methyl sites for hydroxylation is 2. The number of ether oxygens (including phenoxy) is 1. The Hall–Kier alpha value is -1.88. The van der Waals surface area contributed by atoms with Crippen LogP contribution in [0.3, 0.4) is 0 Å². The highest BCUT2D eigenvalue weighted by Gasteiger charge is 2.05. The van der Waals surface area contributed by atoms with Crippen molar-refractivity contribution in [2.75, 3.05) is 6.61 Å². The largest absolute Gasteiger partial charge is 0.492 e. The topological polar surface area (TPSA) is 53.1 Å². The summed E-state index contributed by atoms with van der Waals surface area (Å²) >= 11 is 4.92. The Bertz CT molecular complexity index is 604. The van der Waals surface area contributed by atoms with Crippen molar-refractivity contribution in [1.82, 2.24) is 9.78 Å². The number of thiocarbonyl (C=S) groups is 1. The second kappa shape index (κ2) is 7.22. The molecule has 1 aromatic carbocycles. The summed E-state index contributed by atoms with van der Waals surface area (Å²) in [4.78, 5) is 0.401. The second-order valence-corrected chi connectivity index (χ2v) is 5.23. The molecule has 0 saturated carbocycles. The Kier molecular flexibility index (Phi) is 5.33. The van der Waals surface area contributed by atoms with Crippen LogP contribution in [0.15, 0.2) is 30.3 Å².